The van der Waals surface area contributed by atoms with Crippen molar-refractivity contribution >= 4 is 17.5 Å². The molecule has 4 nitrogen and oxygen atoms in total. The molecule has 25 heavy (non-hydrogen) atoms. The quantitative estimate of drug-likeness (QED) is 0.642. The van der Waals surface area contributed by atoms with Crippen LogP contribution in [0.3, 0.4) is 0 Å². The van der Waals surface area contributed by atoms with Crippen molar-refractivity contribution in [2.24, 2.45) is 0 Å². The van der Waals surface area contributed by atoms with Crippen LogP contribution in [0.1, 0.15) is 57.4 Å². The van der Waals surface area contributed by atoms with Crippen LogP contribution in [-0.2, 0) is 0 Å². The molecule has 0 spiro atoms. The van der Waals surface area contributed by atoms with E-state index in [-0.39, 0.29) is 0 Å². The molecule has 1 aromatic heterocycles. The van der Waals surface area contributed by atoms with Gasteiger partial charge in [0.25, 0.3) is 0 Å². The lowest BCUT2D eigenvalue weighted by molar-refractivity contribution is 0.679. The summed E-state index contributed by atoms with van der Waals surface area (Å²) in [5, 5.41) is 6.69. The third-order valence-corrected chi connectivity index (χ3v) is 4.62. The van der Waals surface area contributed by atoms with Crippen LogP contribution in [0.4, 0.5) is 17.5 Å². The van der Waals surface area contributed by atoms with Crippen LogP contribution in [0.25, 0.3) is 0 Å². The summed E-state index contributed by atoms with van der Waals surface area (Å²) >= 11 is 0. The molecule has 4 heteroatoms. The largest absolute Gasteiger partial charge is 0.354 e. The van der Waals surface area contributed by atoms with E-state index in [0.29, 0.717) is 11.9 Å². The van der Waals surface area contributed by atoms with Gasteiger partial charge in [-0.3, -0.25) is 0 Å². The van der Waals surface area contributed by atoms with E-state index in [0.717, 1.165) is 24.5 Å². The van der Waals surface area contributed by atoms with E-state index < -0.39 is 0 Å². The van der Waals surface area contributed by atoms with Gasteiger partial charge in [0, 0.05) is 18.4 Å². The number of benzene rings is 1. The molecule has 0 unspecified atom stereocenters. The van der Waals surface area contributed by atoms with Gasteiger partial charge in [-0.25, -0.2) is 4.98 Å². The number of aromatic nitrogens is 2. The Kier molecular flexibility index (Phi) is 6.04. The molecule has 0 radical (unpaired) electrons. The summed E-state index contributed by atoms with van der Waals surface area (Å²) in [6, 6.07) is 10.4. The van der Waals surface area contributed by atoms with Crippen LogP contribution in [0.15, 0.2) is 48.2 Å². The molecule has 3 rings (SSSR count). The Morgan fingerprint density at radius 1 is 1.08 bits per heavy atom. The predicted molar refractivity (Wildman–Crippen MR) is 106 cm³/mol. The molecule has 0 aliphatic heterocycles. The van der Waals surface area contributed by atoms with Crippen LogP contribution in [0.2, 0.25) is 0 Å². The smallest absolute Gasteiger partial charge is 0.224 e. The van der Waals surface area contributed by atoms with Crippen molar-refractivity contribution < 1.29 is 0 Å². The predicted octanol–water partition coefficient (Wildman–Crippen LogP) is 5.65. The summed E-state index contributed by atoms with van der Waals surface area (Å²) in [5.74, 6) is 2.04. The second-order valence-electron chi connectivity index (χ2n) is 6.95. The fourth-order valence-corrected chi connectivity index (χ4v) is 3.08. The maximum atomic E-state index is 4.56. The lowest BCUT2D eigenvalue weighted by Crippen LogP contribution is -2.08. The molecule has 0 fully saturated rings. The van der Waals surface area contributed by atoms with Gasteiger partial charge in [-0.05, 0) is 61.8 Å². The van der Waals surface area contributed by atoms with Crippen molar-refractivity contribution in [3.8, 4) is 0 Å². The van der Waals surface area contributed by atoms with E-state index in [2.05, 4.69) is 64.8 Å². The summed E-state index contributed by atoms with van der Waals surface area (Å²) in [4.78, 5) is 8.87. The monoisotopic (exact) mass is 336 g/mol. The van der Waals surface area contributed by atoms with Crippen molar-refractivity contribution in [1.29, 1.82) is 0 Å². The first-order valence-electron chi connectivity index (χ1n) is 9.32. The fraction of sp³-hybridized carbons (Fsp3) is 0.429. The molecule has 0 saturated heterocycles. The van der Waals surface area contributed by atoms with Gasteiger partial charge < -0.3 is 10.6 Å². The lowest BCUT2D eigenvalue weighted by Gasteiger charge is -2.13. The van der Waals surface area contributed by atoms with Gasteiger partial charge in [0.2, 0.25) is 5.95 Å². The van der Waals surface area contributed by atoms with Gasteiger partial charge in [-0.15, -0.1) is 0 Å². The van der Waals surface area contributed by atoms with Crippen LogP contribution in [0.5, 0.6) is 0 Å². The highest BCUT2D eigenvalue weighted by Gasteiger charge is 2.05. The van der Waals surface area contributed by atoms with Gasteiger partial charge >= 0.3 is 0 Å². The van der Waals surface area contributed by atoms with Crippen molar-refractivity contribution in [3.63, 3.8) is 0 Å². The zero-order valence-electron chi connectivity index (χ0n) is 15.3. The van der Waals surface area contributed by atoms with E-state index in [4.69, 9.17) is 0 Å². The number of hydrogen-bond acceptors (Lipinski definition) is 4. The molecule has 2 aromatic rings. The Morgan fingerprint density at radius 3 is 2.64 bits per heavy atom. The summed E-state index contributed by atoms with van der Waals surface area (Å²) in [6.45, 7) is 5.29. The second-order valence-corrected chi connectivity index (χ2v) is 6.95. The molecule has 1 aliphatic carbocycles. The number of allylic oxidation sites excluding steroid dienone is 1. The molecular weight excluding hydrogens is 308 g/mol. The maximum Gasteiger partial charge on any atom is 0.224 e. The molecule has 1 aliphatic rings. The fourth-order valence-electron chi connectivity index (χ4n) is 3.08. The highest BCUT2D eigenvalue weighted by Crippen LogP contribution is 2.21. The van der Waals surface area contributed by atoms with Crippen molar-refractivity contribution in [2.75, 3.05) is 17.2 Å². The normalized spacial score (nSPS) is 14.3. The lowest BCUT2D eigenvalue weighted by atomic mass is 9.97. The molecule has 2 N–H and O–H groups in total. The molecular formula is C21H28N4. The Labute approximate surface area is 150 Å². The van der Waals surface area contributed by atoms with E-state index in [1.165, 1.54) is 31.2 Å². The van der Waals surface area contributed by atoms with E-state index >= 15 is 0 Å². The zero-order valence-corrected chi connectivity index (χ0v) is 15.3. The number of nitrogens with zero attached hydrogens (tertiary/aromatic N) is 2. The summed E-state index contributed by atoms with van der Waals surface area (Å²) < 4.78 is 0. The molecule has 0 saturated carbocycles. The van der Waals surface area contributed by atoms with Gasteiger partial charge in [0.1, 0.15) is 5.82 Å². The third kappa shape index (κ3) is 5.31. The van der Waals surface area contributed by atoms with Crippen LogP contribution >= 0.6 is 0 Å². The first kappa shape index (κ1) is 17.5. The van der Waals surface area contributed by atoms with E-state index in [9.17, 15) is 0 Å². The standard InChI is InChI=1S/C21H28N4/c1-16(2)18-8-10-19(11-9-18)24-20-13-15-23-21(25-20)22-14-12-17-6-4-3-5-7-17/h6,8-11,13,15-16H,3-5,7,12,14H2,1-2H3,(H2,22,23,24,25). The van der Waals surface area contributed by atoms with Crippen LogP contribution < -0.4 is 10.6 Å². The average Bonchev–Trinajstić information content (AvgIpc) is 2.63. The maximum absolute atomic E-state index is 4.56. The van der Waals surface area contributed by atoms with Gasteiger partial charge in [-0.1, -0.05) is 37.6 Å². The highest BCUT2D eigenvalue weighted by atomic mass is 15.1. The minimum atomic E-state index is 0.545. The van der Waals surface area contributed by atoms with Crippen LogP contribution in [0, 0.1) is 0 Å². The summed E-state index contributed by atoms with van der Waals surface area (Å²) in [5.41, 5.74) is 3.95. The Balaban J connectivity index is 1.54. The molecule has 1 heterocycles. The average molecular weight is 336 g/mol. The first-order valence-corrected chi connectivity index (χ1v) is 9.32. The van der Waals surface area contributed by atoms with Gasteiger partial charge in [-0.2, -0.15) is 4.98 Å². The van der Waals surface area contributed by atoms with E-state index in [1.807, 2.05) is 6.07 Å². The minimum Gasteiger partial charge on any atom is -0.354 e. The van der Waals surface area contributed by atoms with Crippen molar-refractivity contribution in [3.05, 3.63) is 53.7 Å². The molecule has 1 aromatic carbocycles. The Bertz CT molecular complexity index is 704. The Morgan fingerprint density at radius 2 is 1.92 bits per heavy atom. The molecule has 0 amide bonds. The van der Waals surface area contributed by atoms with Crippen molar-refractivity contribution in [2.45, 2.75) is 51.9 Å². The van der Waals surface area contributed by atoms with Crippen molar-refractivity contribution in [1.82, 2.24) is 9.97 Å². The molecule has 0 atom stereocenters. The van der Waals surface area contributed by atoms with Crippen LogP contribution in [-0.4, -0.2) is 16.5 Å². The van der Waals surface area contributed by atoms with E-state index in [1.54, 1.807) is 11.8 Å². The third-order valence-electron chi connectivity index (χ3n) is 4.62. The molecule has 132 valence electrons. The SMILES string of the molecule is CC(C)c1ccc(Nc2ccnc(NCCC3=CCCCC3)n2)cc1. The minimum absolute atomic E-state index is 0.545. The number of hydrogen-bond donors (Lipinski definition) is 2. The first-order chi connectivity index (χ1) is 12.2. The van der Waals surface area contributed by atoms with Gasteiger partial charge in [0.05, 0.1) is 0 Å². The topological polar surface area (TPSA) is 49.8 Å². The van der Waals surface area contributed by atoms with Gasteiger partial charge in [0.15, 0.2) is 0 Å². The number of nitrogens with one attached hydrogen (secondary N) is 2. The highest BCUT2D eigenvalue weighted by molar-refractivity contribution is 5.57. The summed E-state index contributed by atoms with van der Waals surface area (Å²) in [7, 11) is 0. The second kappa shape index (κ2) is 8.65. The Hall–Kier alpha value is -2.36. The molecule has 0 bridgehead atoms. The summed E-state index contributed by atoms with van der Waals surface area (Å²) in [6.07, 6.45) is 10.4. The number of rotatable bonds is 7. The number of anilines is 3. The zero-order chi connectivity index (χ0) is 17.5.